The second-order valence-corrected chi connectivity index (χ2v) is 5.60. The lowest BCUT2D eigenvalue weighted by Gasteiger charge is -2.24. The van der Waals surface area contributed by atoms with Gasteiger partial charge in [-0.1, -0.05) is 6.42 Å². The number of nitrogens with zero attached hydrogens (tertiary/aromatic N) is 1. The average Bonchev–Trinajstić information content (AvgIpc) is 2.49. The van der Waals surface area contributed by atoms with Crippen LogP contribution < -0.4 is 5.73 Å². The Bertz CT molecular complexity index is 210. The zero-order valence-electron chi connectivity index (χ0n) is 11.3. The molecular weight excluding hydrogens is 216 g/mol. The molecule has 1 aliphatic rings. The van der Waals surface area contributed by atoms with Gasteiger partial charge in [0.25, 0.3) is 0 Å². The summed E-state index contributed by atoms with van der Waals surface area (Å²) in [5.74, 6) is 0. The third-order valence-electron chi connectivity index (χ3n) is 3.37. The van der Waals surface area contributed by atoms with Crippen molar-refractivity contribution in [1.29, 1.82) is 0 Å². The van der Waals surface area contributed by atoms with Gasteiger partial charge in [0.1, 0.15) is 0 Å². The fourth-order valence-electron chi connectivity index (χ4n) is 2.23. The molecule has 0 aliphatic carbocycles. The van der Waals surface area contributed by atoms with Gasteiger partial charge in [-0.05, 0) is 39.7 Å². The first-order valence-electron chi connectivity index (χ1n) is 6.77. The van der Waals surface area contributed by atoms with Gasteiger partial charge < -0.3 is 20.5 Å². The van der Waals surface area contributed by atoms with Gasteiger partial charge in [0.05, 0.1) is 12.7 Å². The van der Waals surface area contributed by atoms with E-state index in [9.17, 15) is 0 Å². The SMILES string of the molecule is CC1CN(CCCCC(C)(N)CO)CCCO1. The monoisotopic (exact) mass is 244 g/mol. The summed E-state index contributed by atoms with van der Waals surface area (Å²) < 4.78 is 5.62. The van der Waals surface area contributed by atoms with E-state index in [1.807, 2.05) is 6.92 Å². The lowest BCUT2D eigenvalue weighted by molar-refractivity contribution is 0.0674. The topological polar surface area (TPSA) is 58.7 Å². The number of aliphatic hydroxyl groups is 1. The Morgan fingerprint density at radius 1 is 1.47 bits per heavy atom. The second kappa shape index (κ2) is 7.31. The molecule has 0 saturated carbocycles. The minimum Gasteiger partial charge on any atom is -0.394 e. The van der Waals surface area contributed by atoms with Gasteiger partial charge in [-0.2, -0.15) is 0 Å². The fourth-order valence-corrected chi connectivity index (χ4v) is 2.23. The molecular formula is C13H28N2O2. The molecule has 1 saturated heterocycles. The van der Waals surface area contributed by atoms with Crippen molar-refractivity contribution < 1.29 is 9.84 Å². The third-order valence-corrected chi connectivity index (χ3v) is 3.37. The van der Waals surface area contributed by atoms with Crippen molar-refractivity contribution in [3.63, 3.8) is 0 Å². The molecule has 1 heterocycles. The average molecular weight is 244 g/mol. The normalized spacial score (nSPS) is 26.5. The molecule has 0 amide bonds. The summed E-state index contributed by atoms with van der Waals surface area (Å²) in [4.78, 5) is 2.48. The van der Waals surface area contributed by atoms with Crippen LogP contribution in [0.15, 0.2) is 0 Å². The van der Waals surface area contributed by atoms with Gasteiger partial charge >= 0.3 is 0 Å². The molecule has 0 aromatic rings. The van der Waals surface area contributed by atoms with E-state index in [-0.39, 0.29) is 6.61 Å². The largest absolute Gasteiger partial charge is 0.394 e. The molecule has 3 N–H and O–H groups in total. The van der Waals surface area contributed by atoms with Crippen LogP contribution in [0.3, 0.4) is 0 Å². The predicted molar refractivity (Wildman–Crippen MR) is 70.0 cm³/mol. The second-order valence-electron chi connectivity index (χ2n) is 5.60. The van der Waals surface area contributed by atoms with E-state index in [2.05, 4.69) is 11.8 Å². The molecule has 0 bridgehead atoms. The lowest BCUT2D eigenvalue weighted by atomic mass is 9.97. The zero-order chi connectivity index (χ0) is 12.7. The molecule has 17 heavy (non-hydrogen) atoms. The van der Waals surface area contributed by atoms with Gasteiger partial charge in [-0.25, -0.2) is 0 Å². The molecule has 0 spiro atoms. The van der Waals surface area contributed by atoms with E-state index >= 15 is 0 Å². The van der Waals surface area contributed by atoms with Gasteiger partial charge in [-0.15, -0.1) is 0 Å². The molecule has 4 heteroatoms. The van der Waals surface area contributed by atoms with Gasteiger partial charge in [0.15, 0.2) is 0 Å². The number of hydrogen-bond acceptors (Lipinski definition) is 4. The van der Waals surface area contributed by atoms with Crippen molar-refractivity contribution in [1.82, 2.24) is 4.90 Å². The fraction of sp³-hybridized carbons (Fsp3) is 1.00. The van der Waals surface area contributed by atoms with Crippen LogP contribution in [0.1, 0.15) is 39.5 Å². The molecule has 1 aliphatic heterocycles. The Balaban J connectivity index is 2.13. The number of aliphatic hydroxyl groups excluding tert-OH is 1. The van der Waals surface area contributed by atoms with Crippen LogP contribution in [0.25, 0.3) is 0 Å². The molecule has 4 nitrogen and oxygen atoms in total. The Kier molecular flexibility index (Phi) is 6.41. The van der Waals surface area contributed by atoms with Crippen molar-refractivity contribution in [2.24, 2.45) is 5.73 Å². The Hall–Kier alpha value is -0.160. The van der Waals surface area contributed by atoms with Crippen LogP contribution in [0, 0.1) is 0 Å². The smallest absolute Gasteiger partial charge is 0.0673 e. The highest BCUT2D eigenvalue weighted by Crippen LogP contribution is 2.11. The molecule has 2 unspecified atom stereocenters. The van der Waals surface area contributed by atoms with Crippen molar-refractivity contribution in [3.05, 3.63) is 0 Å². The third kappa shape index (κ3) is 6.36. The van der Waals surface area contributed by atoms with E-state index in [1.54, 1.807) is 0 Å². The number of ether oxygens (including phenoxy) is 1. The summed E-state index contributed by atoms with van der Waals surface area (Å²) in [6.45, 7) is 8.32. The Morgan fingerprint density at radius 3 is 2.94 bits per heavy atom. The quantitative estimate of drug-likeness (QED) is 0.684. The lowest BCUT2D eigenvalue weighted by Crippen LogP contribution is -2.40. The predicted octanol–water partition coefficient (Wildman–Crippen LogP) is 0.977. The minimum absolute atomic E-state index is 0.0710. The van der Waals surface area contributed by atoms with E-state index < -0.39 is 5.54 Å². The summed E-state index contributed by atoms with van der Waals surface area (Å²) in [5, 5.41) is 9.06. The summed E-state index contributed by atoms with van der Waals surface area (Å²) >= 11 is 0. The summed E-state index contributed by atoms with van der Waals surface area (Å²) in [7, 11) is 0. The summed E-state index contributed by atoms with van der Waals surface area (Å²) in [6, 6.07) is 0. The number of rotatable bonds is 6. The number of hydrogen-bond donors (Lipinski definition) is 2. The highest BCUT2D eigenvalue weighted by atomic mass is 16.5. The highest BCUT2D eigenvalue weighted by molar-refractivity contribution is 4.77. The Labute approximate surface area is 105 Å². The maximum Gasteiger partial charge on any atom is 0.0673 e. The number of nitrogens with two attached hydrogens (primary N) is 1. The first-order chi connectivity index (χ1) is 8.03. The maximum absolute atomic E-state index is 9.06. The molecule has 0 aromatic carbocycles. The van der Waals surface area contributed by atoms with Crippen LogP contribution in [0.5, 0.6) is 0 Å². The Morgan fingerprint density at radius 2 is 2.24 bits per heavy atom. The van der Waals surface area contributed by atoms with Crippen LogP contribution in [0.2, 0.25) is 0 Å². The minimum atomic E-state index is -0.408. The van der Waals surface area contributed by atoms with Crippen molar-refractivity contribution in [2.45, 2.75) is 51.2 Å². The number of unbranched alkanes of at least 4 members (excludes halogenated alkanes) is 1. The van der Waals surface area contributed by atoms with E-state index in [1.165, 1.54) is 0 Å². The van der Waals surface area contributed by atoms with Crippen molar-refractivity contribution in [3.8, 4) is 0 Å². The van der Waals surface area contributed by atoms with Crippen LogP contribution in [-0.4, -0.2) is 54.5 Å². The zero-order valence-corrected chi connectivity index (χ0v) is 11.3. The van der Waals surface area contributed by atoms with Gasteiger partial charge in [0.2, 0.25) is 0 Å². The molecule has 102 valence electrons. The maximum atomic E-state index is 9.06. The summed E-state index contributed by atoms with van der Waals surface area (Å²) in [5.41, 5.74) is 5.49. The van der Waals surface area contributed by atoms with E-state index in [0.717, 1.165) is 51.9 Å². The van der Waals surface area contributed by atoms with Crippen LogP contribution in [-0.2, 0) is 4.74 Å². The standard InChI is InChI=1S/C13H28N2O2/c1-12-10-15(8-5-9-17-12)7-4-3-6-13(2,14)11-16/h12,16H,3-11,14H2,1-2H3. The van der Waals surface area contributed by atoms with Crippen molar-refractivity contribution >= 4 is 0 Å². The van der Waals surface area contributed by atoms with E-state index in [4.69, 9.17) is 15.6 Å². The first kappa shape index (κ1) is 14.9. The molecule has 1 rings (SSSR count). The molecule has 0 aromatic heterocycles. The molecule has 0 radical (unpaired) electrons. The van der Waals surface area contributed by atoms with Crippen molar-refractivity contribution in [2.75, 3.05) is 32.8 Å². The van der Waals surface area contributed by atoms with Crippen LogP contribution in [0.4, 0.5) is 0 Å². The van der Waals surface area contributed by atoms with Crippen LogP contribution >= 0.6 is 0 Å². The molecule has 2 atom stereocenters. The highest BCUT2D eigenvalue weighted by Gasteiger charge is 2.17. The van der Waals surface area contributed by atoms with Gasteiger partial charge in [-0.3, -0.25) is 0 Å². The first-order valence-corrected chi connectivity index (χ1v) is 6.77. The van der Waals surface area contributed by atoms with E-state index in [0.29, 0.717) is 6.10 Å². The molecule has 1 fully saturated rings. The summed E-state index contributed by atoms with van der Waals surface area (Å²) in [6.07, 6.45) is 4.62. The van der Waals surface area contributed by atoms with Gasteiger partial charge in [0, 0.05) is 25.2 Å².